The summed E-state index contributed by atoms with van der Waals surface area (Å²) >= 11 is 0. The Morgan fingerprint density at radius 3 is 3.06 bits per heavy atom. The summed E-state index contributed by atoms with van der Waals surface area (Å²) in [7, 11) is 0. The van der Waals surface area contributed by atoms with Crippen molar-refractivity contribution in [3.8, 4) is 6.07 Å². The zero-order valence-corrected chi connectivity index (χ0v) is 9.54. The summed E-state index contributed by atoms with van der Waals surface area (Å²) in [6, 6.07) is 1.98. The van der Waals surface area contributed by atoms with Crippen LogP contribution in [0.1, 0.15) is 10.5 Å². The maximum Gasteiger partial charge on any atom is 0.274 e. The zero-order chi connectivity index (χ0) is 13.0. The van der Waals surface area contributed by atoms with Crippen molar-refractivity contribution in [2.75, 3.05) is 25.1 Å². The van der Waals surface area contributed by atoms with Crippen LogP contribution in [0.3, 0.4) is 0 Å². The van der Waals surface area contributed by atoms with Crippen LogP contribution in [0.4, 0.5) is 5.82 Å². The fourth-order valence-electron chi connectivity index (χ4n) is 1.59. The third-order valence-corrected chi connectivity index (χ3v) is 2.52. The molecular weight excluding hydrogens is 236 g/mol. The van der Waals surface area contributed by atoms with Gasteiger partial charge in [-0.1, -0.05) is 0 Å². The van der Waals surface area contributed by atoms with Gasteiger partial charge in [-0.3, -0.25) is 4.79 Å². The van der Waals surface area contributed by atoms with Crippen molar-refractivity contribution in [1.82, 2.24) is 14.9 Å². The van der Waals surface area contributed by atoms with E-state index >= 15 is 0 Å². The highest BCUT2D eigenvalue weighted by atomic mass is 16.5. The van der Waals surface area contributed by atoms with Crippen molar-refractivity contribution in [2.24, 2.45) is 5.84 Å². The van der Waals surface area contributed by atoms with Crippen LogP contribution in [0.15, 0.2) is 12.4 Å². The molecule has 0 spiro atoms. The molecule has 1 aromatic rings. The van der Waals surface area contributed by atoms with Gasteiger partial charge in [0.1, 0.15) is 5.69 Å². The van der Waals surface area contributed by atoms with Gasteiger partial charge in [-0.15, -0.1) is 0 Å². The van der Waals surface area contributed by atoms with Crippen molar-refractivity contribution in [1.29, 1.82) is 5.26 Å². The van der Waals surface area contributed by atoms with Gasteiger partial charge in [-0.25, -0.2) is 15.8 Å². The number of nitrogen functional groups attached to an aromatic ring is 1. The minimum Gasteiger partial charge on any atom is -0.360 e. The van der Waals surface area contributed by atoms with Crippen LogP contribution in [0, 0.1) is 11.3 Å². The first-order valence-electron chi connectivity index (χ1n) is 5.33. The van der Waals surface area contributed by atoms with E-state index in [1.807, 2.05) is 6.07 Å². The minimum atomic E-state index is -0.583. The lowest BCUT2D eigenvalue weighted by Gasteiger charge is -2.29. The van der Waals surface area contributed by atoms with Gasteiger partial charge in [-0.05, 0) is 0 Å². The van der Waals surface area contributed by atoms with Crippen LogP contribution in [0.2, 0.25) is 0 Å². The van der Waals surface area contributed by atoms with Crippen LogP contribution < -0.4 is 11.3 Å². The lowest BCUT2D eigenvalue weighted by molar-refractivity contribution is 0.00318. The van der Waals surface area contributed by atoms with Crippen molar-refractivity contribution in [2.45, 2.75) is 6.10 Å². The van der Waals surface area contributed by atoms with E-state index in [4.69, 9.17) is 15.8 Å². The van der Waals surface area contributed by atoms with E-state index in [1.165, 1.54) is 17.3 Å². The summed E-state index contributed by atoms with van der Waals surface area (Å²) in [5.41, 5.74) is 2.54. The standard InChI is InChI=1S/C10H12N6O2/c11-3-7-6-16(1-2-18-7)10(17)8-4-14-9(15-12)5-13-8/h4-5,7H,1-2,6,12H2,(H,14,15). The monoisotopic (exact) mass is 248 g/mol. The second-order valence-corrected chi connectivity index (χ2v) is 3.67. The van der Waals surface area contributed by atoms with Crippen LogP contribution in [-0.2, 0) is 4.74 Å². The minimum absolute atomic E-state index is 0.215. The lowest BCUT2D eigenvalue weighted by atomic mass is 10.2. The molecule has 1 fully saturated rings. The molecule has 18 heavy (non-hydrogen) atoms. The van der Waals surface area contributed by atoms with Crippen molar-refractivity contribution < 1.29 is 9.53 Å². The first kappa shape index (κ1) is 12.2. The molecule has 1 atom stereocenters. The van der Waals surface area contributed by atoms with E-state index in [0.717, 1.165) is 0 Å². The van der Waals surface area contributed by atoms with Crippen LogP contribution in [0.5, 0.6) is 0 Å². The molecule has 0 bridgehead atoms. The van der Waals surface area contributed by atoms with Crippen LogP contribution in [0.25, 0.3) is 0 Å². The fourth-order valence-corrected chi connectivity index (χ4v) is 1.59. The number of carbonyl (C=O) groups is 1. The number of nitrogens with two attached hydrogens (primary N) is 1. The molecule has 1 aliphatic rings. The highest BCUT2D eigenvalue weighted by molar-refractivity contribution is 5.92. The number of aromatic nitrogens is 2. The molecule has 0 radical (unpaired) electrons. The largest absolute Gasteiger partial charge is 0.360 e. The summed E-state index contributed by atoms with van der Waals surface area (Å²) in [5.74, 6) is 5.26. The maximum atomic E-state index is 12.1. The normalized spacial score (nSPS) is 19.1. The molecule has 1 aliphatic heterocycles. The molecule has 8 nitrogen and oxygen atoms in total. The number of hydrogen-bond donors (Lipinski definition) is 2. The Morgan fingerprint density at radius 1 is 1.61 bits per heavy atom. The molecule has 3 N–H and O–H groups in total. The van der Waals surface area contributed by atoms with Crippen LogP contribution in [-0.4, -0.2) is 46.6 Å². The Bertz CT molecular complexity index is 468. The summed E-state index contributed by atoms with van der Waals surface area (Å²) in [4.78, 5) is 21.5. The smallest absolute Gasteiger partial charge is 0.274 e. The van der Waals surface area contributed by atoms with E-state index in [-0.39, 0.29) is 18.1 Å². The Balaban J connectivity index is 2.08. The topological polar surface area (TPSA) is 117 Å². The second-order valence-electron chi connectivity index (χ2n) is 3.67. The van der Waals surface area contributed by atoms with Gasteiger partial charge in [0, 0.05) is 6.54 Å². The molecule has 0 saturated carbocycles. The number of amides is 1. The average molecular weight is 248 g/mol. The molecule has 1 aromatic heterocycles. The molecule has 2 rings (SSSR count). The van der Waals surface area contributed by atoms with Crippen molar-refractivity contribution >= 4 is 11.7 Å². The first-order valence-corrected chi connectivity index (χ1v) is 5.33. The third kappa shape index (κ3) is 2.53. The summed E-state index contributed by atoms with van der Waals surface area (Å²) < 4.78 is 5.16. The summed E-state index contributed by atoms with van der Waals surface area (Å²) in [6.07, 6.45) is 2.13. The Hall–Kier alpha value is -2.24. The average Bonchev–Trinajstić information content (AvgIpc) is 2.46. The zero-order valence-electron chi connectivity index (χ0n) is 9.54. The van der Waals surface area contributed by atoms with Gasteiger partial charge in [0.25, 0.3) is 5.91 Å². The Labute approximate surface area is 103 Å². The molecule has 8 heteroatoms. The van der Waals surface area contributed by atoms with E-state index in [9.17, 15) is 4.79 Å². The molecule has 1 saturated heterocycles. The molecule has 1 amide bonds. The number of hydrogen-bond acceptors (Lipinski definition) is 7. The predicted molar refractivity (Wildman–Crippen MR) is 61.1 cm³/mol. The number of carbonyl (C=O) groups excluding carboxylic acids is 1. The molecule has 2 heterocycles. The van der Waals surface area contributed by atoms with Gasteiger partial charge in [0.05, 0.1) is 31.6 Å². The van der Waals surface area contributed by atoms with Crippen LogP contribution >= 0.6 is 0 Å². The van der Waals surface area contributed by atoms with Gasteiger partial charge >= 0.3 is 0 Å². The van der Waals surface area contributed by atoms with Gasteiger partial charge in [-0.2, -0.15) is 5.26 Å². The third-order valence-electron chi connectivity index (χ3n) is 2.52. The Kier molecular flexibility index (Phi) is 3.66. The highest BCUT2D eigenvalue weighted by Crippen LogP contribution is 2.09. The lowest BCUT2D eigenvalue weighted by Crippen LogP contribution is -2.45. The van der Waals surface area contributed by atoms with E-state index in [1.54, 1.807) is 0 Å². The molecule has 0 aromatic carbocycles. The number of hydrazine groups is 1. The molecule has 0 aliphatic carbocycles. The highest BCUT2D eigenvalue weighted by Gasteiger charge is 2.25. The number of ether oxygens (including phenoxy) is 1. The second kappa shape index (κ2) is 5.39. The van der Waals surface area contributed by atoms with E-state index in [2.05, 4.69) is 15.4 Å². The van der Waals surface area contributed by atoms with E-state index < -0.39 is 6.10 Å². The van der Waals surface area contributed by atoms with E-state index in [0.29, 0.717) is 19.0 Å². The number of rotatable bonds is 2. The Morgan fingerprint density at radius 2 is 2.44 bits per heavy atom. The van der Waals surface area contributed by atoms with Crippen molar-refractivity contribution in [3.63, 3.8) is 0 Å². The SMILES string of the molecule is N#CC1CN(C(=O)c2cnc(NN)cn2)CCO1. The molecular formula is C10H12N6O2. The maximum absolute atomic E-state index is 12.1. The predicted octanol–water partition coefficient (Wildman–Crippen LogP) is -0.873. The number of anilines is 1. The van der Waals surface area contributed by atoms with Gasteiger partial charge in [0.15, 0.2) is 11.9 Å². The van der Waals surface area contributed by atoms with Crippen molar-refractivity contribution in [3.05, 3.63) is 18.1 Å². The fraction of sp³-hybridized carbons (Fsp3) is 0.400. The first-order chi connectivity index (χ1) is 8.74. The number of nitriles is 1. The summed E-state index contributed by atoms with van der Waals surface area (Å²) in [5, 5.41) is 8.77. The molecule has 94 valence electrons. The quantitative estimate of drug-likeness (QED) is 0.515. The molecule has 1 unspecified atom stereocenters. The summed E-state index contributed by atoms with van der Waals surface area (Å²) in [6.45, 7) is 1.03. The van der Waals surface area contributed by atoms with Gasteiger partial charge < -0.3 is 15.1 Å². The number of nitrogens with zero attached hydrogens (tertiary/aromatic N) is 4. The number of nitrogens with one attached hydrogen (secondary N) is 1. The number of morpholine rings is 1. The van der Waals surface area contributed by atoms with Gasteiger partial charge in [0.2, 0.25) is 0 Å².